The van der Waals surface area contributed by atoms with Crippen LogP contribution in [0.4, 0.5) is 0 Å². The molecule has 7 rings (SSSR count). The zero-order chi connectivity index (χ0) is 36.0. The average molecular weight is 713 g/mol. The monoisotopic (exact) mass is 712 g/mol. The molecule has 0 spiro atoms. The van der Waals surface area contributed by atoms with Gasteiger partial charge in [-0.3, -0.25) is 4.79 Å². The maximum absolute atomic E-state index is 13.4. The molecule has 0 bridgehead atoms. The number of fused-ring (bicyclic) bond motifs is 5. The van der Waals surface area contributed by atoms with Crippen molar-refractivity contribution in [2.24, 2.45) is 28.6 Å². The van der Waals surface area contributed by atoms with Crippen molar-refractivity contribution in [1.82, 2.24) is 0 Å². The molecule has 3 heterocycles. The van der Waals surface area contributed by atoms with Gasteiger partial charge in [-0.25, -0.2) is 4.79 Å². The standard InChI is InChI=1S/C35H52O15/c1-16-29(50-30-28(41)27(40)26(39)23(14-36)49-30)22(37)12-25(47-16)48-18-3-9-34(31(42)43)20-4-7-32(2)19(17-11-24(38)46-15-17)6-10-35(32,45)21(20)5-8-33(34,44)13-18/h11,16,18-23,25-30,36-37,39-41,44-45H,3-10,12-15H2,1-2H3,(H,42,43)/t16-,18+,19-,20?,21?,22+,23-,25+,26-,27+,28-,29+,30+,32-,33+,34-,35+/m1/s1. The number of carbonyl (C=O) groups is 2. The molecule has 282 valence electrons. The largest absolute Gasteiger partial charge is 0.481 e. The van der Waals surface area contributed by atoms with Crippen LogP contribution >= 0.6 is 0 Å². The number of aliphatic hydroxyl groups is 7. The molecule has 0 aromatic rings. The molecule has 0 aromatic carbocycles. The highest BCUT2D eigenvalue weighted by molar-refractivity contribution is 5.85. The molecule has 0 amide bonds. The molecule has 2 unspecified atom stereocenters. The summed E-state index contributed by atoms with van der Waals surface area (Å²) in [4.78, 5) is 25.2. The fourth-order valence-corrected chi connectivity index (χ4v) is 11.4. The molecule has 15 nitrogen and oxygen atoms in total. The molecule has 4 saturated carbocycles. The minimum Gasteiger partial charge on any atom is -0.481 e. The van der Waals surface area contributed by atoms with Crippen LogP contribution in [-0.2, 0) is 33.3 Å². The van der Waals surface area contributed by atoms with Gasteiger partial charge in [0.1, 0.15) is 37.1 Å². The number of carbonyl (C=O) groups excluding carboxylic acids is 1. The van der Waals surface area contributed by atoms with Gasteiger partial charge in [-0.05, 0) is 81.6 Å². The lowest BCUT2D eigenvalue weighted by molar-refractivity contribution is -0.345. The van der Waals surface area contributed by atoms with Crippen molar-refractivity contribution in [2.75, 3.05) is 13.2 Å². The van der Waals surface area contributed by atoms with E-state index >= 15 is 0 Å². The zero-order valence-electron chi connectivity index (χ0n) is 28.5. The van der Waals surface area contributed by atoms with E-state index in [-0.39, 0.29) is 50.1 Å². The van der Waals surface area contributed by atoms with E-state index in [1.54, 1.807) is 6.92 Å². The van der Waals surface area contributed by atoms with Gasteiger partial charge < -0.3 is 64.5 Å². The second-order valence-corrected chi connectivity index (χ2v) is 16.2. The summed E-state index contributed by atoms with van der Waals surface area (Å²) in [5.41, 5.74) is -3.90. The summed E-state index contributed by atoms with van der Waals surface area (Å²) in [5, 5.41) is 86.8. The molecule has 3 aliphatic heterocycles. The SMILES string of the molecule is C[C@H]1O[C@@H](O[C@H]2CC[C@]3(C(=O)O)C4CC[C@]5(C)[C@@H](C6=CC(=O)OC6)CC[C@]5(O)C4CC[C@]3(O)C2)C[C@H](O)[C@H]1O[C@@H]1O[C@H](CO)[C@@H](O)[C@H](O)[C@H]1O. The van der Waals surface area contributed by atoms with Gasteiger partial charge in [0.15, 0.2) is 12.6 Å². The predicted octanol–water partition coefficient (Wildman–Crippen LogP) is -0.511. The Bertz CT molecular complexity index is 1340. The number of hydrogen-bond acceptors (Lipinski definition) is 14. The summed E-state index contributed by atoms with van der Waals surface area (Å²) >= 11 is 0. The van der Waals surface area contributed by atoms with Gasteiger partial charge in [-0.15, -0.1) is 0 Å². The third-order valence-corrected chi connectivity index (χ3v) is 14.0. The lowest BCUT2D eigenvalue weighted by Gasteiger charge is -2.65. The highest BCUT2D eigenvalue weighted by Crippen LogP contribution is 2.71. The Labute approximate surface area is 290 Å². The lowest BCUT2D eigenvalue weighted by atomic mass is 9.41. The van der Waals surface area contributed by atoms with E-state index in [2.05, 4.69) is 6.92 Å². The Morgan fingerprint density at radius 2 is 1.68 bits per heavy atom. The second-order valence-electron chi connectivity index (χ2n) is 16.2. The number of aliphatic hydroxyl groups excluding tert-OH is 5. The van der Waals surface area contributed by atoms with Crippen LogP contribution in [0.5, 0.6) is 0 Å². The van der Waals surface area contributed by atoms with Crippen LogP contribution in [0.2, 0.25) is 0 Å². The molecule has 2 saturated heterocycles. The van der Waals surface area contributed by atoms with E-state index in [1.165, 1.54) is 6.08 Å². The van der Waals surface area contributed by atoms with Crippen molar-refractivity contribution in [2.45, 2.75) is 151 Å². The van der Waals surface area contributed by atoms with Crippen molar-refractivity contribution in [3.8, 4) is 0 Å². The van der Waals surface area contributed by atoms with E-state index in [1.807, 2.05) is 0 Å². The van der Waals surface area contributed by atoms with Gasteiger partial charge in [0.25, 0.3) is 0 Å². The van der Waals surface area contributed by atoms with E-state index < -0.39 is 102 Å². The number of carboxylic acids is 1. The minimum absolute atomic E-state index is 0.0407. The normalized spacial score (nSPS) is 53.5. The molecule has 7 aliphatic rings. The minimum atomic E-state index is -1.65. The van der Waals surface area contributed by atoms with Crippen LogP contribution in [0.25, 0.3) is 0 Å². The first kappa shape index (κ1) is 36.6. The summed E-state index contributed by atoms with van der Waals surface area (Å²) in [6.07, 6.45) is -7.06. The van der Waals surface area contributed by atoms with Gasteiger partial charge in [0.2, 0.25) is 0 Å². The van der Waals surface area contributed by atoms with Crippen molar-refractivity contribution < 1.29 is 74.1 Å². The van der Waals surface area contributed by atoms with Crippen molar-refractivity contribution >= 4 is 11.9 Å². The van der Waals surface area contributed by atoms with Crippen LogP contribution in [0.3, 0.4) is 0 Å². The first-order valence-corrected chi connectivity index (χ1v) is 18.1. The summed E-state index contributed by atoms with van der Waals surface area (Å²) in [5.74, 6) is -2.28. The molecular formula is C35H52O15. The first-order chi connectivity index (χ1) is 23.6. The summed E-state index contributed by atoms with van der Waals surface area (Å²) < 4.78 is 28.7. The number of esters is 1. The Kier molecular flexibility index (Phi) is 9.49. The van der Waals surface area contributed by atoms with Crippen LogP contribution in [0, 0.1) is 28.6 Å². The van der Waals surface area contributed by atoms with Gasteiger partial charge in [0, 0.05) is 24.3 Å². The quantitative estimate of drug-likeness (QED) is 0.122. The molecule has 50 heavy (non-hydrogen) atoms. The van der Waals surface area contributed by atoms with E-state index in [9.17, 15) is 50.4 Å². The summed E-state index contributed by atoms with van der Waals surface area (Å²) in [6.45, 7) is 3.27. The number of carboxylic acid groups (broad SMARTS) is 1. The number of rotatable bonds is 7. The maximum Gasteiger partial charge on any atom is 0.331 e. The Morgan fingerprint density at radius 1 is 0.940 bits per heavy atom. The molecule has 6 fully saturated rings. The van der Waals surface area contributed by atoms with Crippen molar-refractivity contribution in [3.63, 3.8) is 0 Å². The highest BCUT2D eigenvalue weighted by Gasteiger charge is 2.73. The van der Waals surface area contributed by atoms with Crippen molar-refractivity contribution in [3.05, 3.63) is 11.6 Å². The van der Waals surface area contributed by atoms with E-state index in [0.717, 1.165) is 5.57 Å². The first-order valence-electron chi connectivity index (χ1n) is 18.1. The van der Waals surface area contributed by atoms with Crippen LogP contribution in [-0.4, -0.2) is 139 Å². The molecule has 0 aromatic heterocycles. The maximum atomic E-state index is 13.4. The van der Waals surface area contributed by atoms with Gasteiger partial charge >= 0.3 is 11.9 Å². The van der Waals surface area contributed by atoms with Crippen LogP contribution in [0.15, 0.2) is 11.6 Å². The molecule has 15 heteroatoms. The van der Waals surface area contributed by atoms with Crippen molar-refractivity contribution in [1.29, 1.82) is 0 Å². The number of cyclic esters (lactones) is 1. The van der Waals surface area contributed by atoms with Gasteiger partial charge in [-0.2, -0.15) is 0 Å². The number of ether oxygens (including phenoxy) is 5. The lowest BCUT2D eigenvalue weighted by Crippen LogP contribution is -2.70. The third kappa shape index (κ3) is 5.41. The molecule has 0 radical (unpaired) electrons. The van der Waals surface area contributed by atoms with Crippen LogP contribution in [0.1, 0.15) is 78.1 Å². The fourth-order valence-electron chi connectivity index (χ4n) is 11.4. The summed E-state index contributed by atoms with van der Waals surface area (Å²) in [7, 11) is 0. The third-order valence-electron chi connectivity index (χ3n) is 14.0. The van der Waals surface area contributed by atoms with E-state index in [4.69, 9.17) is 23.7 Å². The number of aliphatic carboxylic acids is 1. The van der Waals surface area contributed by atoms with Crippen LogP contribution < -0.4 is 0 Å². The highest BCUT2D eigenvalue weighted by atomic mass is 16.7. The topological polar surface area (TPSA) is 242 Å². The molecule has 17 atom stereocenters. The summed E-state index contributed by atoms with van der Waals surface area (Å²) in [6, 6.07) is 0. The van der Waals surface area contributed by atoms with E-state index in [0.29, 0.717) is 38.5 Å². The Hall–Kier alpha value is -1.76. The molecule has 4 aliphatic carbocycles. The predicted molar refractivity (Wildman–Crippen MR) is 168 cm³/mol. The van der Waals surface area contributed by atoms with Gasteiger partial charge in [-0.1, -0.05) is 6.92 Å². The fraction of sp³-hybridized carbons (Fsp3) is 0.886. The Morgan fingerprint density at radius 3 is 2.34 bits per heavy atom. The van der Waals surface area contributed by atoms with Gasteiger partial charge in [0.05, 0.1) is 41.5 Å². The average Bonchev–Trinajstić information content (AvgIpc) is 3.61. The smallest absolute Gasteiger partial charge is 0.331 e. The molecular weight excluding hydrogens is 660 g/mol. The second kappa shape index (κ2) is 13.0. The zero-order valence-corrected chi connectivity index (χ0v) is 28.5. The Balaban J connectivity index is 1.02. The molecule has 8 N–H and O–H groups in total. The number of hydrogen-bond donors (Lipinski definition) is 8.